The lowest BCUT2D eigenvalue weighted by atomic mass is 9.85. The van der Waals surface area contributed by atoms with Crippen molar-refractivity contribution in [2.45, 2.75) is 77.0 Å². The zero-order valence-corrected chi connectivity index (χ0v) is 27.4. The number of nitrogens with one attached hydrogen (secondary N) is 1. The van der Waals surface area contributed by atoms with E-state index in [0.29, 0.717) is 36.7 Å². The number of likely N-dealkylation sites (N-methyl/N-ethyl adjacent to an activating group) is 1. The van der Waals surface area contributed by atoms with Crippen LogP contribution in [0.15, 0.2) is 42.5 Å². The summed E-state index contributed by atoms with van der Waals surface area (Å²) in [5.74, 6) is -0.316. The van der Waals surface area contributed by atoms with Crippen LogP contribution in [-0.4, -0.2) is 72.7 Å². The van der Waals surface area contributed by atoms with Gasteiger partial charge in [0, 0.05) is 24.6 Å². The molecule has 1 amide bonds. The molecule has 8 nitrogen and oxygen atoms in total. The second kappa shape index (κ2) is 14.6. The molecule has 2 fully saturated rings. The maximum absolute atomic E-state index is 13.6. The van der Waals surface area contributed by atoms with Crippen molar-refractivity contribution in [3.63, 3.8) is 0 Å². The highest BCUT2D eigenvalue weighted by atomic mass is 32.2. The third kappa shape index (κ3) is 8.41. The van der Waals surface area contributed by atoms with Crippen LogP contribution >= 0.6 is 11.8 Å². The van der Waals surface area contributed by atoms with Crippen molar-refractivity contribution in [3.8, 4) is 11.1 Å². The summed E-state index contributed by atoms with van der Waals surface area (Å²) in [6, 6.07) is 13.4. The van der Waals surface area contributed by atoms with Gasteiger partial charge in [-0.1, -0.05) is 69.4 Å². The number of ether oxygens (including phenoxy) is 1. The highest BCUT2D eigenvalue weighted by Gasteiger charge is 2.61. The van der Waals surface area contributed by atoms with Gasteiger partial charge in [-0.25, -0.2) is 13.2 Å². The third-order valence-corrected chi connectivity index (χ3v) is 11.1. The van der Waals surface area contributed by atoms with Gasteiger partial charge in [-0.3, -0.25) is 4.79 Å². The topological polar surface area (TPSA) is 113 Å². The van der Waals surface area contributed by atoms with Crippen molar-refractivity contribution >= 4 is 33.7 Å². The Balaban J connectivity index is 1.59. The number of amides is 1. The van der Waals surface area contributed by atoms with E-state index in [0.717, 1.165) is 41.5 Å². The second-order valence-electron chi connectivity index (χ2n) is 12.2. The number of thioether (sulfide) groups is 1. The fourth-order valence-electron chi connectivity index (χ4n) is 6.38. The van der Waals surface area contributed by atoms with Gasteiger partial charge in [-0.05, 0) is 72.1 Å². The van der Waals surface area contributed by atoms with Crippen LogP contribution in [0.3, 0.4) is 0 Å². The summed E-state index contributed by atoms with van der Waals surface area (Å²) in [7, 11) is -3.35. The number of aryl methyl sites for hydroxylation is 1. The lowest BCUT2D eigenvalue weighted by Gasteiger charge is -2.30. The Bertz CT molecular complexity index is 1390. The van der Waals surface area contributed by atoms with E-state index in [-0.39, 0.29) is 18.6 Å². The molecule has 2 unspecified atom stereocenters. The normalized spacial score (nSPS) is 21.5. The maximum atomic E-state index is 13.6. The fourth-order valence-corrected chi connectivity index (χ4v) is 8.09. The van der Waals surface area contributed by atoms with Crippen LogP contribution in [0, 0.1) is 18.8 Å². The SMILES string of the molecule is CCN(CC(CC1CCCCC1)OCc1ccc(C(=O)N[C@@]2(C(=O)O)CC2CSC)c(-c2ccccc2C)c1)S(C)(=O)=O. The first kappa shape index (κ1) is 33.5. The molecule has 2 N–H and O–H groups in total. The Hall–Kier alpha value is -2.40. The van der Waals surface area contributed by atoms with Gasteiger partial charge in [0.2, 0.25) is 10.0 Å². The average Bonchev–Trinajstić information content (AvgIpc) is 3.67. The zero-order valence-electron chi connectivity index (χ0n) is 25.8. The molecular weight excluding hydrogens is 585 g/mol. The fraction of sp³-hybridized carbons (Fsp3) is 0.576. The highest BCUT2D eigenvalue weighted by Crippen LogP contribution is 2.46. The number of carboxylic acid groups (broad SMARTS) is 1. The van der Waals surface area contributed by atoms with Gasteiger partial charge in [0.15, 0.2) is 0 Å². The third-order valence-electron chi connectivity index (χ3n) is 8.99. The predicted octanol–water partition coefficient (Wildman–Crippen LogP) is 5.74. The minimum Gasteiger partial charge on any atom is -0.479 e. The standard InChI is InChI=1S/C33H46N2O6S2/c1-5-35(43(4,39)40)20-27(17-24-12-7-6-8-13-24)41-21-25-15-16-29(30(18-25)28-14-10-9-11-23(28)2)31(36)34-33(32(37)38)19-26(33)22-42-3/h9-11,14-16,18,24,26-27H,5-8,12-13,17,19-22H2,1-4H3,(H,34,36)(H,37,38)/t26?,27?,33-/m0/s1. The van der Waals surface area contributed by atoms with Gasteiger partial charge in [-0.2, -0.15) is 16.1 Å². The molecule has 0 aliphatic heterocycles. The van der Waals surface area contributed by atoms with Crippen LogP contribution in [0.4, 0.5) is 0 Å². The Morgan fingerprint density at radius 1 is 1.14 bits per heavy atom. The molecule has 4 rings (SSSR count). The van der Waals surface area contributed by atoms with Crippen LogP contribution in [-0.2, 0) is 26.2 Å². The Morgan fingerprint density at radius 3 is 2.49 bits per heavy atom. The molecule has 0 bridgehead atoms. The van der Waals surface area contributed by atoms with Gasteiger partial charge < -0.3 is 15.2 Å². The van der Waals surface area contributed by atoms with E-state index in [4.69, 9.17) is 4.74 Å². The molecule has 43 heavy (non-hydrogen) atoms. The van der Waals surface area contributed by atoms with E-state index in [1.807, 2.05) is 56.5 Å². The molecule has 0 radical (unpaired) electrons. The number of sulfonamides is 1. The van der Waals surface area contributed by atoms with Crippen molar-refractivity contribution in [1.29, 1.82) is 0 Å². The Morgan fingerprint density at radius 2 is 1.86 bits per heavy atom. The number of carboxylic acids is 1. The van der Waals surface area contributed by atoms with E-state index in [2.05, 4.69) is 5.32 Å². The smallest absolute Gasteiger partial charge is 0.329 e. The molecule has 0 saturated heterocycles. The predicted molar refractivity (Wildman–Crippen MR) is 173 cm³/mol. The van der Waals surface area contributed by atoms with E-state index in [9.17, 15) is 23.1 Å². The van der Waals surface area contributed by atoms with Crippen LogP contribution in [0.25, 0.3) is 11.1 Å². The molecule has 2 aliphatic carbocycles. The molecule has 236 valence electrons. The van der Waals surface area contributed by atoms with Crippen LogP contribution < -0.4 is 5.32 Å². The molecule has 10 heteroatoms. The summed E-state index contributed by atoms with van der Waals surface area (Å²) < 4.78 is 32.7. The number of carbonyl (C=O) groups excluding carboxylic acids is 1. The summed E-state index contributed by atoms with van der Waals surface area (Å²) in [6.07, 6.45) is 10.1. The van der Waals surface area contributed by atoms with E-state index < -0.39 is 27.4 Å². The molecule has 2 saturated carbocycles. The van der Waals surface area contributed by atoms with E-state index in [1.165, 1.54) is 29.8 Å². The minimum absolute atomic E-state index is 0.103. The number of hydrogen-bond acceptors (Lipinski definition) is 6. The highest BCUT2D eigenvalue weighted by molar-refractivity contribution is 7.98. The van der Waals surface area contributed by atoms with Crippen LogP contribution in [0.5, 0.6) is 0 Å². The van der Waals surface area contributed by atoms with Crippen LogP contribution in [0.2, 0.25) is 0 Å². The molecular formula is C33H46N2O6S2. The average molecular weight is 631 g/mol. The molecule has 2 aromatic carbocycles. The number of rotatable bonds is 15. The van der Waals surface area contributed by atoms with Crippen molar-refractivity contribution in [3.05, 3.63) is 59.2 Å². The number of aliphatic carboxylic acids is 1. The van der Waals surface area contributed by atoms with Crippen molar-refractivity contribution in [2.24, 2.45) is 11.8 Å². The van der Waals surface area contributed by atoms with Crippen LogP contribution in [0.1, 0.15) is 73.4 Å². The van der Waals surface area contributed by atoms with Crippen molar-refractivity contribution in [1.82, 2.24) is 9.62 Å². The molecule has 2 aliphatic rings. The van der Waals surface area contributed by atoms with Gasteiger partial charge in [0.25, 0.3) is 5.91 Å². The Kier molecular flexibility index (Phi) is 11.4. The van der Waals surface area contributed by atoms with Gasteiger partial charge in [0.1, 0.15) is 5.54 Å². The summed E-state index contributed by atoms with van der Waals surface area (Å²) in [5.41, 5.74) is 2.66. The van der Waals surface area contributed by atoms with E-state index >= 15 is 0 Å². The first-order valence-corrected chi connectivity index (χ1v) is 18.5. The molecule has 0 heterocycles. The quantitative estimate of drug-likeness (QED) is 0.258. The lowest BCUT2D eigenvalue weighted by Crippen LogP contribution is -2.45. The number of hydrogen-bond donors (Lipinski definition) is 2. The molecule has 0 spiro atoms. The molecule has 3 atom stereocenters. The first-order chi connectivity index (χ1) is 20.5. The number of benzene rings is 2. The minimum atomic E-state index is -3.35. The molecule has 2 aromatic rings. The monoisotopic (exact) mass is 630 g/mol. The first-order valence-electron chi connectivity index (χ1n) is 15.3. The lowest BCUT2D eigenvalue weighted by molar-refractivity contribution is -0.140. The second-order valence-corrected chi connectivity index (χ2v) is 15.1. The molecule has 0 aromatic heterocycles. The maximum Gasteiger partial charge on any atom is 0.329 e. The van der Waals surface area contributed by atoms with Gasteiger partial charge >= 0.3 is 5.97 Å². The summed E-state index contributed by atoms with van der Waals surface area (Å²) in [6.45, 7) is 4.80. The summed E-state index contributed by atoms with van der Waals surface area (Å²) in [5, 5.41) is 12.8. The number of nitrogens with zero attached hydrogens (tertiary/aromatic N) is 1. The Labute approximate surface area is 261 Å². The van der Waals surface area contributed by atoms with Crippen molar-refractivity contribution < 1.29 is 27.9 Å². The summed E-state index contributed by atoms with van der Waals surface area (Å²) >= 11 is 1.58. The van der Waals surface area contributed by atoms with Gasteiger partial charge in [-0.15, -0.1) is 0 Å². The van der Waals surface area contributed by atoms with Gasteiger partial charge in [0.05, 0.1) is 19.0 Å². The number of carbonyl (C=O) groups is 2. The summed E-state index contributed by atoms with van der Waals surface area (Å²) in [4.78, 5) is 25.8. The van der Waals surface area contributed by atoms with Crippen molar-refractivity contribution in [2.75, 3.05) is 31.4 Å². The van der Waals surface area contributed by atoms with E-state index in [1.54, 1.807) is 17.8 Å². The largest absolute Gasteiger partial charge is 0.479 e. The zero-order chi connectivity index (χ0) is 31.2.